The van der Waals surface area contributed by atoms with E-state index in [0.717, 1.165) is 22.9 Å². The minimum absolute atomic E-state index is 0.00552. The largest absolute Gasteiger partial charge is 0.483 e. The van der Waals surface area contributed by atoms with Gasteiger partial charge in [-0.05, 0) is 46.1 Å². The van der Waals surface area contributed by atoms with E-state index in [1.165, 1.54) is 0 Å². The van der Waals surface area contributed by atoms with Gasteiger partial charge < -0.3 is 10.1 Å². The number of hydrogen-bond donors (Lipinski definition) is 1. The first-order valence-electron chi connectivity index (χ1n) is 7.52. The van der Waals surface area contributed by atoms with Crippen LogP contribution < -0.4 is 10.1 Å². The molecule has 0 saturated carbocycles. The first-order valence-corrected chi connectivity index (χ1v) is 8.69. The molecule has 1 N–H and O–H groups in total. The number of carbonyl (C=O) groups is 1. The van der Waals surface area contributed by atoms with E-state index >= 15 is 0 Å². The maximum Gasteiger partial charge on any atom is 0.258 e. The minimum Gasteiger partial charge on any atom is -0.483 e. The molecule has 3 nitrogen and oxygen atoms in total. The van der Waals surface area contributed by atoms with Crippen molar-refractivity contribution in [3.8, 4) is 5.75 Å². The summed E-state index contributed by atoms with van der Waals surface area (Å²) in [6.45, 7) is 2.07. The van der Waals surface area contributed by atoms with Gasteiger partial charge in [0.15, 0.2) is 6.61 Å². The first kappa shape index (κ1) is 17.8. The number of ether oxygens (including phenoxy) is 1. The Morgan fingerprint density at radius 3 is 2.65 bits per heavy atom. The molecule has 0 fully saturated rings. The van der Waals surface area contributed by atoms with Crippen LogP contribution in [0.5, 0.6) is 5.75 Å². The quantitative estimate of drug-likeness (QED) is 0.704. The van der Waals surface area contributed by atoms with Crippen molar-refractivity contribution in [3.05, 3.63) is 63.6 Å². The second kappa shape index (κ2) is 8.94. The third-order valence-corrected chi connectivity index (χ3v) is 4.22. The normalized spacial score (nSPS) is 11.8. The van der Waals surface area contributed by atoms with Crippen LogP contribution in [0.3, 0.4) is 0 Å². The third-order valence-electron chi connectivity index (χ3n) is 3.37. The van der Waals surface area contributed by atoms with Crippen molar-refractivity contribution in [1.29, 1.82) is 0 Å². The summed E-state index contributed by atoms with van der Waals surface area (Å²) in [4.78, 5) is 12.2. The maximum atomic E-state index is 12.2. The fourth-order valence-electron chi connectivity index (χ4n) is 2.27. The van der Waals surface area contributed by atoms with Crippen LogP contribution in [0.4, 0.5) is 0 Å². The predicted molar refractivity (Wildman–Crippen MR) is 96.9 cm³/mol. The highest BCUT2D eigenvalue weighted by Crippen LogP contribution is 2.28. The monoisotopic (exact) mass is 395 g/mol. The van der Waals surface area contributed by atoms with Gasteiger partial charge in [0.2, 0.25) is 0 Å². The van der Waals surface area contributed by atoms with Gasteiger partial charge in [0.05, 0.1) is 10.5 Å². The number of carbonyl (C=O) groups excluding carboxylic acids is 1. The van der Waals surface area contributed by atoms with Crippen LogP contribution in [0.1, 0.15) is 31.4 Å². The van der Waals surface area contributed by atoms with Gasteiger partial charge in [-0.1, -0.05) is 55.3 Å². The molecule has 2 aromatic carbocycles. The topological polar surface area (TPSA) is 38.3 Å². The maximum absolute atomic E-state index is 12.2. The van der Waals surface area contributed by atoms with E-state index in [1.54, 1.807) is 18.2 Å². The van der Waals surface area contributed by atoms with E-state index in [1.807, 2.05) is 30.3 Å². The molecule has 0 radical (unpaired) electrons. The highest BCUT2D eigenvalue weighted by Gasteiger charge is 2.14. The lowest BCUT2D eigenvalue weighted by Gasteiger charge is -2.19. The Morgan fingerprint density at radius 1 is 1.26 bits per heavy atom. The molecule has 0 heterocycles. The third kappa shape index (κ3) is 5.56. The lowest BCUT2D eigenvalue weighted by atomic mass is 10.0. The molecule has 1 atom stereocenters. The van der Waals surface area contributed by atoms with Gasteiger partial charge in [-0.25, -0.2) is 0 Å². The van der Waals surface area contributed by atoms with Crippen molar-refractivity contribution in [2.24, 2.45) is 0 Å². The van der Waals surface area contributed by atoms with Crippen LogP contribution in [-0.2, 0) is 4.79 Å². The summed E-state index contributed by atoms with van der Waals surface area (Å²) in [6, 6.07) is 15.2. The van der Waals surface area contributed by atoms with E-state index in [2.05, 4.69) is 28.2 Å². The lowest BCUT2D eigenvalue weighted by Crippen LogP contribution is -2.32. The molecule has 0 aliphatic rings. The number of rotatable bonds is 7. The number of halogens is 2. The van der Waals surface area contributed by atoms with E-state index in [0.29, 0.717) is 10.8 Å². The van der Waals surface area contributed by atoms with Gasteiger partial charge in [-0.2, -0.15) is 0 Å². The summed E-state index contributed by atoms with van der Waals surface area (Å²) in [5.41, 5.74) is 1.11. The standard InChI is InChI=1S/C18H19BrClNO2/c1-2-6-16(13-7-4-3-5-8-13)21-18(22)12-23-17-10-9-14(20)11-15(17)19/h3-5,7-11,16H,2,6,12H2,1H3,(H,21,22)/t16-/m0/s1. The summed E-state index contributed by atoms with van der Waals surface area (Å²) < 4.78 is 6.28. The van der Waals surface area contributed by atoms with Gasteiger partial charge in [0.1, 0.15) is 5.75 Å². The van der Waals surface area contributed by atoms with E-state index < -0.39 is 0 Å². The zero-order valence-electron chi connectivity index (χ0n) is 12.9. The molecule has 1 amide bonds. The molecule has 23 heavy (non-hydrogen) atoms. The molecule has 122 valence electrons. The van der Waals surface area contributed by atoms with Gasteiger partial charge >= 0.3 is 0 Å². The Morgan fingerprint density at radius 2 is 2.00 bits per heavy atom. The summed E-state index contributed by atoms with van der Waals surface area (Å²) in [5.74, 6) is 0.449. The number of amides is 1. The molecule has 2 aromatic rings. The molecule has 0 aliphatic heterocycles. The van der Waals surface area contributed by atoms with Crippen LogP contribution in [0, 0.1) is 0 Å². The fourth-order valence-corrected chi connectivity index (χ4v) is 3.06. The molecular formula is C18H19BrClNO2. The molecule has 0 spiro atoms. The zero-order valence-corrected chi connectivity index (χ0v) is 15.2. The summed E-state index contributed by atoms with van der Waals surface area (Å²) >= 11 is 9.25. The highest BCUT2D eigenvalue weighted by molar-refractivity contribution is 9.10. The van der Waals surface area contributed by atoms with E-state index in [4.69, 9.17) is 16.3 Å². The predicted octanol–water partition coefficient (Wildman–Crippen LogP) is 5.14. The van der Waals surface area contributed by atoms with Crippen LogP contribution >= 0.6 is 27.5 Å². The van der Waals surface area contributed by atoms with Crippen LogP contribution in [0.2, 0.25) is 5.02 Å². The molecule has 0 unspecified atom stereocenters. The van der Waals surface area contributed by atoms with Crippen molar-refractivity contribution in [1.82, 2.24) is 5.32 Å². The van der Waals surface area contributed by atoms with Gasteiger partial charge in [-0.15, -0.1) is 0 Å². The molecule has 5 heteroatoms. The van der Waals surface area contributed by atoms with Gasteiger partial charge in [-0.3, -0.25) is 4.79 Å². The number of benzene rings is 2. The first-order chi connectivity index (χ1) is 11.1. The van der Waals surface area contributed by atoms with E-state index in [-0.39, 0.29) is 18.6 Å². The van der Waals surface area contributed by atoms with Crippen LogP contribution in [0.15, 0.2) is 53.0 Å². The van der Waals surface area contributed by atoms with Crippen molar-refractivity contribution in [2.45, 2.75) is 25.8 Å². The smallest absolute Gasteiger partial charge is 0.258 e. The van der Waals surface area contributed by atoms with Gasteiger partial charge in [0.25, 0.3) is 5.91 Å². The average molecular weight is 397 g/mol. The molecule has 0 aromatic heterocycles. The summed E-state index contributed by atoms with van der Waals surface area (Å²) in [6.07, 6.45) is 1.88. The Balaban J connectivity index is 1.94. The highest BCUT2D eigenvalue weighted by atomic mass is 79.9. The van der Waals surface area contributed by atoms with Crippen LogP contribution in [-0.4, -0.2) is 12.5 Å². The number of hydrogen-bond acceptors (Lipinski definition) is 2. The van der Waals surface area contributed by atoms with Crippen molar-refractivity contribution >= 4 is 33.4 Å². The SMILES string of the molecule is CCC[C@H](NC(=O)COc1ccc(Cl)cc1Br)c1ccccc1. The van der Waals surface area contributed by atoms with Crippen molar-refractivity contribution in [2.75, 3.05) is 6.61 Å². The molecular weight excluding hydrogens is 378 g/mol. The molecule has 2 rings (SSSR count). The molecule has 0 aliphatic carbocycles. The molecule has 0 saturated heterocycles. The fraction of sp³-hybridized carbons (Fsp3) is 0.278. The summed E-state index contributed by atoms with van der Waals surface area (Å²) in [5, 5.41) is 3.64. The average Bonchev–Trinajstić information content (AvgIpc) is 2.54. The summed E-state index contributed by atoms with van der Waals surface area (Å²) in [7, 11) is 0. The Kier molecular flexibility index (Phi) is 6.93. The number of nitrogens with one attached hydrogen (secondary N) is 1. The Hall–Kier alpha value is -1.52. The van der Waals surface area contributed by atoms with Crippen molar-refractivity contribution in [3.63, 3.8) is 0 Å². The lowest BCUT2D eigenvalue weighted by molar-refractivity contribution is -0.123. The second-order valence-electron chi connectivity index (χ2n) is 5.18. The Bertz CT molecular complexity index is 649. The Labute approximate surface area is 150 Å². The van der Waals surface area contributed by atoms with E-state index in [9.17, 15) is 4.79 Å². The van der Waals surface area contributed by atoms with Crippen LogP contribution in [0.25, 0.3) is 0 Å². The molecule has 0 bridgehead atoms. The minimum atomic E-state index is -0.144. The van der Waals surface area contributed by atoms with Crippen molar-refractivity contribution < 1.29 is 9.53 Å². The van der Waals surface area contributed by atoms with Gasteiger partial charge in [0, 0.05) is 5.02 Å². The second-order valence-corrected chi connectivity index (χ2v) is 6.47. The zero-order chi connectivity index (χ0) is 16.7.